The fourth-order valence-corrected chi connectivity index (χ4v) is 0. The lowest BCUT2D eigenvalue weighted by Gasteiger charge is -1.97. The van der Waals surface area contributed by atoms with Gasteiger partial charge in [0.1, 0.15) is 6.17 Å². The Hall–Kier alpha value is 1.39. The van der Waals surface area contributed by atoms with E-state index in [1.54, 1.807) is 0 Å². The van der Waals surface area contributed by atoms with Crippen molar-refractivity contribution >= 4 is 45.2 Å². The van der Waals surface area contributed by atoms with E-state index in [0.717, 1.165) is 0 Å². The maximum absolute atomic E-state index is 11.7. The molecule has 0 nitrogen and oxygen atoms in total. The van der Waals surface area contributed by atoms with Gasteiger partial charge in [0.2, 0.25) is 0 Å². The van der Waals surface area contributed by atoms with Crippen molar-refractivity contribution < 1.29 is 4.39 Å². The average molecular weight is 313 g/mol. The molecule has 0 aromatic rings. The Morgan fingerprint density at radius 1 is 1.50 bits per heavy atom. The second-order valence-corrected chi connectivity index (χ2v) is 5.92. The maximum atomic E-state index is 11.7. The molecule has 1 atom stereocenters. The maximum Gasteiger partial charge on any atom is 0.121 e. The first kappa shape index (κ1) is 7.39. The highest BCUT2D eigenvalue weighted by Crippen LogP contribution is 2.15. The van der Waals surface area contributed by atoms with Gasteiger partial charge in [-0.15, -0.1) is 0 Å². The van der Waals surface area contributed by atoms with Crippen LogP contribution in [0.5, 0.6) is 0 Å². The van der Waals surface area contributed by atoms with Gasteiger partial charge in [-0.05, 0) is 6.92 Å². The van der Waals surface area contributed by atoms with E-state index in [0.29, 0.717) is 0 Å². The molecular weight excluding hydrogens is 309 g/mol. The Kier molecular flexibility index (Phi) is 4.19. The van der Waals surface area contributed by atoms with Gasteiger partial charge < -0.3 is 0 Å². The summed E-state index contributed by atoms with van der Waals surface area (Å²) in [4.78, 5) is 0. The van der Waals surface area contributed by atoms with Crippen molar-refractivity contribution in [2.24, 2.45) is 0 Å². The Labute approximate surface area is 64.2 Å². The molecule has 0 aromatic heterocycles. The number of alkyl halides is 3. The van der Waals surface area contributed by atoms with Crippen LogP contribution in [0.15, 0.2) is 0 Å². The highest BCUT2D eigenvalue weighted by molar-refractivity contribution is 14.2. The highest BCUT2D eigenvalue weighted by atomic mass is 127. The Balaban J connectivity index is 2.99. The van der Waals surface area contributed by atoms with Crippen molar-refractivity contribution in [1.82, 2.24) is 0 Å². The van der Waals surface area contributed by atoms with E-state index in [2.05, 4.69) is 6.92 Å². The van der Waals surface area contributed by atoms with E-state index in [-0.39, 0.29) is 1.93 Å². The molecule has 0 bridgehead atoms. The zero-order chi connectivity index (χ0) is 5.15. The number of hydrogen-bond acceptors (Lipinski definition) is 0. The quantitative estimate of drug-likeness (QED) is 0.515. The summed E-state index contributed by atoms with van der Waals surface area (Å²) in [5, 5.41) is 0. The summed E-state index contributed by atoms with van der Waals surface area (Å²) in [5.74, 6) is 0. The van der Waals surface area contributed by atoms with Gasteiger partial charge in [0.15, 0.2) is 0 Å². The minimum absolute atomic E-state index is 0.0141. The fraction of sp³-hybridized carbons (Fsp3) is 0.667. The van der Waals surface area contributed by atoms with Crippen LogP contribution in [0.2, 0.25) is 0 Å². The average Bonchev–Trinajstić information content (AvgIpc) is 1.36. The minimum Gasteiger partial charge on any atom is -0.245 e. The van der Waals surface area contributed by atoms with Gasteiger partial charge in [0.25, 0.3) is 0 Å². The monoisotopic (exact) mass is 313 g/mol. The van der Waals surface area contributed by atoms with Crippen LogP contribution in [0.4, 0.5) is 4.39 Å². The molecule has 0 aromatic carbocycles. The van der Waals surface area contributed by atoms with E-state index in [1.807, 2.05) is 45.2 Å². The lowest BCUT2D eigenvalue weighted by atomic mass is 10.5. The smallest absolute Gasteiger partial charge is 0.121 e. The van der Waals surface area contributed by atoms with Gasteiger partial charge in [0.05, 0.1) is 1.93 Å². The topological polar surface area (TPSA) is 0 Å². The lowest BCUT2D eigenvalue weighted by molar-refractivity contribution is 0.433. The molecule has 0 N–H and O–H groups in total. The first-order chi connectivity index (χ1) is 2.64. The number of rotatable bonds is 1. The van der Waals surface area contributed by atoms with Crippen molar-refractivity contribution in [2.75, 3.05) is 0 Å². The summed E-state index contributed by atoms with van der Waals surface area (Å²) in [6.07, 6.45) is -0.925. The molecule has 1 unspecified atom stereocenters. The van der Waals surface area contributed by atoms with E-state index in [4.69, 9.17) is 0 Å². The molecule has 0 spiro atoms. The normalized spacial score (nSPS) is 15.5. The molecule has 0 rings (SSSR count). The van der Waals surface area contributed by atoms with Crippen LogP contribution in [0.3, 0.4) is 0 Å². The minimum atomic E-state index is -0.925. The first-order valence-corrected chi connectivity index (χ1v) is 3.89. The Bertz CT molecular complexity index is 29.8. The van der Waals surface area contributed by atoms with E-state index < -0.39 is 6.17 Å². The second kappa shape index (κ2) is 3.40. The number of hydrogen-bond donors (Lipinski definition) is 0. The van der Waals surface area contributed by atoms with E-state index in [1.165, 1.54) is 0 Å². The molecule has 1 radical (unpaired) electrons. The van der Waals surface area contributed by atoms with Crippen LogP contribution < -0.4 is 0 Å². The molecule has 3 heteroatoms. The standard InChI is InChI=1S/C3H4FI2/c1-2(4)3(5)6/h2-3H,1H2. The molecule has 0 aliphatic carbocycles. The van der Waals surface area contributed by atoms with Gasteiger partial charge >= 0.3 is 0 Å². The SMILES string of the molecule is [CH2]C(F)C(I)I. The van der Waals surface area contributed by atoms with Crippen molar-refractivity contribution in [3.8, 4) is 0 Å². The molecule has 0 fully saturated rings. The van der Waals surface area contributed by atoms with Crippen LogP contribution in [0.1, 0.15) is 0 Å². The molecule has 6 heavy (non-hydrogen) atoms. The molecule has 0 heterocycles. The zero-order valence-corrected chi connectivity index (χ0v) is 7.31. The Morgan fingerprint density at radius 3 is 1.67 bits per heavy atom. The molecule has 0 amide bonds. The van der Waals surface area contributed by atoms with Crippen molar-refractivity contribution in [3.05, 3.63) is 6.92 Å². The van der Waals surface area contributed by atoms with Crippen LogP contribution in [0.25, 0.3) is 0 Å². The summed E-state index contributed by atoms with van der Waals surface area (Å²) in [6.45, 7) is 3.16. The molecular formula is C3H4FI2. The fourth-order valence-electron chi connectivity index (χ4n) is 0. The van der Waals surface area contributed by atoms with Gasteiger partial charge in [0, 0.05) is 0 Å². The third kappa shape index (κ3) is 3.58. The van der Waals surface area contributed by atoms with Crippen LogP contribution >= 0.6 is 45.2 Å². The van der Waals surface area contributed by atoms with Crippen LogP contribution in [0, 0.1) is 6.92 Å². The third-order valence-corrected chi connectivity index (χ3v) is 1.83. The van der Waals surface area contributed by atoms with Crippen LogP contribution in [-0.4, -0.2) is 8.10 Å². The summed E-state index contributed by atoms with van der Waals surface area (Å²) < 4.78 is 11.7. The van der Waals surface area contributed by atoms with E-state index >= 15 is 0 Å². The summed E-state index contributed by atoms with van der Waals surface area (Å²) in [5.41, 5.74) is 0. The van der Waals surface area contributed by atoms with Gasteiger partial charge in [-0.2, -0.15) is 0 Å². The third-order valence-electron chi connectivity index (χ3n) is 0.273. The molecule has 37 valence electrons. The largest absolute Gasteiger partial charge is 0.245 e. The Morgan fingerprint density at radius 2 is 1.67 bits per heavy atom. The van der Waals surface area contributed by atoms with Gasteiger partial charge in [-0.1, -0.05) is 45.2 Å². The number of halogens is 3. The van der Waals surface area contributed by atoms with E-state index in [9.17, 15) is 4.39 Å². The van der Waals surface area contributed by atoms with Gasteiger partial charge in [-0.25, -0.2) is 4.39 Å². The van der Waals surface area contributed by atoms with Crippen molar-refractivity contribution in [3.63, 3.8) is 0 Å². The molecule has 0 saturated carbocycles. The predicted molar refractivity (Wildman–Crippen MR) is 42.1 cm³/mol. The van der Waals surface area contributed by atoms with Crippen molar-refractivity contribution in [2.45, 2.75) is 8.10 Å². The zero-order valence-electron chi connectivity index (χ0n) is 3.00. The molecule has 0 saturated heterocycles. The lowest BCUT2D eigenvalue weighted by Crippen LogP contribution is -2.00. The van der Waals surface area contributed by atoms with Crippen LogP contribution in [-0.2, 0) is 0 Å². The summed E-state index contributed by atoms with van der Waals surface area (Å²) >= 11 is 3.96. The molecule has 0 aliphatic rings. The second-order valence-electron chi connectivity index (χ2n) is 0.850. The molecule has 0 aliphatic heterocycles. The predicted octanol–water partition coefficient (Wildman–Crippen LogP) is 2.35. The first-order valence-electron chi connectivity index (χ1n) is 1.40. The van der Waals surface area contributed by atoms with Crippen molar-refractivity contribution in [1.29, 1.82) is 0 Å². The summed E-state index contributed by atoms with van der Waals surface area (Å²) in [7, 11) is 0. The highest BCUT2D eigenvalue weighted by Gasteiger charge is 2.04. The van der Waals surface area contributed by atoms with Gasteiger partial charge in [-0.3, -0.25) is 0 Å². The summed E-state index contributed by atoms with van der Waals surface area (Å²) in [6, 6.07) is 0.